The molecule has 0 N–H and O–H groups in total. The number of rotatable bonds is 8. The average molecular weight is 1230 g/mol. The number of nitrogens with zero attached hydrogens (tertiary/aromatic N) is 15. The minimum Gasteiger partial charge on any atom is -0.359 e. The van der Waals surface area contributed by atoms with E-state index in [9.17, 15) is 0 Å². The van der Waals surface area contributed by atoms with Gasteiger partial charge in [-0.3, -0.25) is 44.9 Å². The molecule has 0 aliphatic rings. The van der Waals surface area contributed by atoms with Gasteiger partial charge in [0.05, 0.1) is 89.1 Å². The number of halogens is 3. The van der Waals surface area contributed by atoms with Crippen molar-refractivity contribution in [1.29, 1.82) is 0 Å². The van der Waals surface area contributed by atoms with Crippen LogP contribution in [0, 0.1) is 44.8 Å². The molecule has 0 bridgehead atoms. The number of pyridine rings is 3. The third-order valence-corrected chi connectivity index (χ3v) is 11.9. The summed E-state index contributed by atoms with van der Waals surface area (Å²) < 4.78 is 1.04. The third kappa shape index (κ3) is 31.4. The smallest absolute Gasteiger partial charge is 0.287 e. The van der Waals surface area contributed by atoms with Gasteiger partial charge in [-0.1, -0.05) is 153 Å². The lowest BCUT2D eigenvalue weighted by molar-refractivity contribution is 0.807. The highest BCUT2D eigenvalue weighted by Crippen LogP contribution is 2.18. The number of hydrogen-bond donors (Lipinski definition) is 0. The first kappa shape index (κ1) is 74.0. The fourth-order valence-electron chi connectivity index (χ4n) is 5.69. The molecule has 0 spiro atoms. The first-order valence-corrected chi connectivity index (χ1v) is 28.9. The minimum atomic E-state index is 0.356. The molecular formula is C66H80BrCl2N15. The maximum absolute atomic E-state index is 6.71. The van der Waals surface area contributed by atoms with Gasteiger partial charge in [-0.05, 0) is 106 Å². The Hall–Kier alpha value is -7.99. The van der Waals surface area contributed by atoms with E-state index in [0.717, 1.165) is 55.7 Å². The van der Waals surface area contributed by atoms with Gasteiger partial charge in [0.2, 0.25) is 5.69 Å². The number of aromatic nitrogens is 13. The maximum Gasteiger partial charge on any atom is 0.287 e. The lowest BCUT2D eigenvalue weighted by atomic mass is 10.1. The van der Waals surface area contributed by atoms with E-state index in [0.29, 0.717) is 80.4 Å². The van der Waals surface area contributed by atoms with Crippen LogP contribution in [0.25, 0.3) is 9.69 Å². The lowest BCUT2D eigenvalue weighted by Crippen LogP contribution is -1.94. The Balaban J connectivity index is 0.000000480. The van der Waals surface area contributed by atoms with Gasteiger partial charge in [0.25, 0.3) is 5.82 Å². The van der Waals surface area contributed by atoms with Crippen LogP contribution in [0.3, 0.4) is 0 Å². The van der Waals surface area contributed by atoms with E-state index in [1.165, 1.54) is 6.20 Å². The topological polar surface area (TPSA) is 176 Å². The van der Waals surface area contributed by atoms with Crippen molar-refractivity contribution in [1.82, 2.24) is 64.8 Å². The van der Waals surface area contributed by atoms with Crippen LogP contribution < -0.4 is 0 Å². The molecule has 0 atom stereocenters. The number of terminal acetylenes is 2. The van der Waals surface area contributed by atoms with Crippen LogP contribution >= 0.6 is 39.1 Å². The van der Waals surface area contributed by atoms with Crippen molar-refractivity contribution in [3.63, 3.8) is 0 Å². The zero-order valence-corrected chi connectivity index (χ0v) is 54.7. The van der Waals surface area contributed by atoms with E-state index in [1.54, 1.807) is 68.0 Å². The molecule has 15 nitrogen and oxygen atoms in total. The molecule has 0 aliphatic carbocycles. The molecule has 0 amide bonds. The van der Waals surface area contributed by atoms with Crippen LogP contribution in [-0.4, -0.2) is 64.8 Å². The van der Waals surface area contributed by atoms with E-state index >= 15 is 0 Å². The highest BCUT2D eigenvalue weighted by molar-refractivity contribution is 9.10. The normalized spacial score (nSPS) is 10.0. The second-order valence-corrected chi connectivity index (χ2v) is 22.5. The monoisotopic (exact) mass is 1230 g/mol. The average Bonchev–Trinajstić information content (AvgIpc) is 3.49. The molecule has 0 aromatic carbocycles. The van der Waals surface area contributed by atoms with Gasteiger partial charge >= 0.3 is 0 Å². The van der Waals surface area contributed by atoms with Gasteiger partial charge in [0, 0.05) is 52.5 Å². The molecule has 18 heteroatoms. The van der Waals surface area contributed by atoms with Gasteiger partial charge in [-0.2, -0.15) is 0 Å². The van der Waals surface area contributed by atoms with E-state index in [4.69, 9.17) is 49.2 Å². The van der Waals surface area contributed by atoms with Crippen LogP contribution in [0.1, 0.15) is 221 Å². The molecule has 0 unspecified atom stereocenters. The van der Waals surface area contributed by atoms with Crippen molar-refractivity contribution < 1.29 is 0 Å². The molecule has 8 heterocycles. The molecule has 8 rings (SSSR count). The third-order valence-electron chi connectivity index (χ3n) is 11.0. The van der Waals surface area contributed by atoms with Gasteiger partial charge in [-0.15, -0.1) is 17.8 Å². The van der Waals surface area contributed by atoms with E-state index in [2.05, 4.69) is 199 Å². The molecule has 0 fully saturated rings. The molecule has 84 heavy (non-hydrogen) atoms. The lowest BCUT2D eigenvalue weighted by Gasteiger charge is -2.01. The SMILES string of the molecule is C#Cc1cnc(C(C)C)cn1.C#Cc1cnc(C(C)C)cn1.CC(C)c1ccc(Br)cn1.CC(C)c1ccc(Cl)cn1.CC(C)c1cnc(Cl)cn1.Cc1cnc(C(C)C)cn1.[C-]#[N+]c1ccc(C(C)C)nc1.[C-]#[N+]c1cnc(C(C)C)cn1. The first-order chi connectivity index (χ1) is 39.7. The van der Waals surface area contributed by atoms with Gasteiger partial charge < -0.3 is 4.85 Å². The minimum absolute atomic E-state index is 0.356. The Kier molecular flexibility index (Phi) is 36.2. The Labute approximate surface area is 519 Å². The quantitative estimate of drug-likeness (QED) is 0.104. The molecule has 8 aromatic heterocycles. The predicted octanol–water partition coefficient (Wildman–Crippen LogP) is 18.1. The Morgan fingerprint density at radius 1 is 0.369 bits per heavy atom. The fourth-order valence-corrected chi connectivity index (χ4v) is 6.14. The summed E-state index contributed by atoms with van der Waals surface area (Å²) in [7, 11) is 0. The summed E-state index contributed by atoms with van der Waals surface area (Å²) >= 11 is 14.5. The van der Waals surface area contributed by atoms with E-state index in [-0.39, 0.29) is 0 Å². The Bertz CT molecular complexity index is 2770. The van der Waals surface area contributed by atoms with Crippen LogP contribution in [0.4, 0.5) is 11.5 Å². The van der Waals surface area contributed by atoms with Crippen LogP contribution in [0.5, 0.6) is 0 Å². The Morgan fingerprint density at radius 3 is 1.00 bits per heavy atom. The largest absolute Gasteiger partial charge is 0.359 e. The van der Waals surface area contributed by atoms with E-state index in [1.807, 2.05) is 63.5 Å². The van der Waals surface area contributed by atoms with Gasteiger partial charge in [0.1, 0.15) is 22.7 Å². The summed E-state index contributed by atoms with van der Waals surface area (Å²) in [5, 5.41) is 1.15. The highest BCUT2D eigenvalue weighted by atomic mass is 79.9. The molecule has 440 valence electrons. The van der Waals surface area contributed by atoms with Crippen molar-refractivity contribution in [2.45, 2.75) is 165 Å². The Morgan fingerprint density at radius 2 is 0.726 bits per heavy atom. The first-order valence-electron chi connectivity index (χ1n) is 27.3. The zero-order valence-electron chi connectivity index (χ0n) is 51.6. The van der Waals surface area contributed by atoms with Crippen molar-refractivity contribution in [3.05, 3.63) is 217 Å². The predicted molar refractivity (Wildman–Crippen MR) is 346 cm³/mol. The molecule has 0 radical (unpaired) electrons. The summed E-state index contributed by atoms with van der Waals surface area (Å²) in [6.45, 7) is 48.7. The maximum atomic E-state index is 6.71. The zero-order chi connectivity index (χ0) is 63.3. The summed E-state index contributed by atoms with van der Waals surface area (Å²) in [5.41, 5.74) is 11.0. The van der Waals surface area contributed by atoms with Crippen LogP contribution in [0.15, 0.2) is 121 Å². The standard InChI is InChI=1S/3C9H10N2.C8H10BrN.C8H10ClN.C8H9N3.C8H12N2.C7H9ClN2/c1-7(2)9-5-4-8(10-3)6-11-9;2*1-4-8-5-11-9(6-10-8)7(2)3;2*1-6(2)8-4-3-7(9)5-10-8;1-6(2)7-4-11-8(9-3)5-10-7;1-6(2)8-5-9-7(3)4-10-8;1-5(2)6-3-10-7(8)4-9-6/h4-7H,1-2H3;2*1,5-7H,2-3H3;2*3-6H,1-2H3;4-6H,1-2H3;4-6H,1-3H3;3-5H,1-2H3. The van der Waals surface area contributed by atoms with E-state index < -0.39 is 0 Å². The molecule has 0 saturated carbocycles. The summed E-state index contributed by atoms with van der Waals surface area (Å²) in [4.78, 5) is 59.6. The summed E-state index contributed by atoms with van der Waals surface area (Å²) in [5.74, 6) is 8.74. The van der Waals surface area contributed by atoms with Gasteiger partial charge in [0.15, 0.2) is 0 Å². The molecule has 0 aliphatic heterocycles. The summed E-state index contributed by atoms with van der Waals surface area (Å²) in [6, 6.07) is 11.6. The van der Waals surface area contributed by atoms with Crippen molar-refractivity contribution in [2.24, 2.45) is 0 Å². The van der Waals surface area contributed by atoms with Crippen molar-refractivity contribution >= 4 is 50.6 Å². The summed E-state index contributed by atoms with van der Waals surface area (Å²) in [6.07, 6.45) is 32.1. The molecular weight excluding hydrogens is 1150 g/mol. The van der Waals surface area contributed by atoms with Crippen LogP contribution in [0.2, 0.25) is 10.2 Å². The van der Waals surface area contributed by atoms with Crippen molar-refractivity contribution in [3.8, 4) is 24.7 Å². The fraction of sp³-hybridized carbons (Fsp3) is 0.379. The van der Waals surface area contributed by atoms with Crippen molar-refractivity contribution in [2.75, 3.05) is 0 Å². The second kappa shape index (κ2) is 41.1. The second-order valence-electron chi connectivity index (χ2n) is 20.8. The molecule has 8 aromatic rings. The van der Waals surface area contributed by atoms with Crippen LogP contribution in [-0.2, 0) is 0 Å². The van der Waals surface area contributed by atoms with Gasteiger partial charge in [-0.25, -0.2) is 19.8 Å². The highest BCUT2D eigenvalue weighted by Gasteiger charge is 2.05. The number of aryl methyl sites for hydroxylation is 1. The molecule has 0 saturated heterocycles. The number of hydrogen-bond acceptors (Lipinski definition) is 13.